The highest BCUT2D eigenvalue weighted by Crippen LogP contribution is 2.25. The second-order valence-electron chi connectivity index (χ2n) is 4.48. The van der Waals surface area contributed by atoms with E-state index in [9.17, 15) is 0 Å². The highest BCUT2D eigenvalue weighted by atomic mass is 16.5. The van der Waals surface area contributed by atoms with Gasteiger partial charge in [0.2, 0.25) is 0 Å². The number of ether oxygens (including phenoxy) is 1. The van der Waals surface area contributed by atoms with Crippen molar-refractivity contribution in [3.05, 3.63) is 35.8 Å². The number of aryl methyl sites for hydroxylation is 1. The van der Waals surface area contributed by atoms with E-state index in [1.807, 2.05) is 0 Å². The number of hydrogen-bond acceptors (Lipinski definition) is 2. The fraction of sp³-hybridized carbons (Fsp3) is 0.462. The van der Waals surface area contributed by atoms with Crippen LogP contribution in [0.3, 0.4) is 0 Å². The molecule has 1 saturated heterocycles. The Bertz CT molecular complexity index is 498. The predicted molar refractivity (Wildman–Crippen MR) is 62.7 cm³/mol. The van der Waals surface area contributed by atoms with Gasteiger partial charge in [0.15, 0.2) is 0 Å². The largest absolute Gasteiger partial charge is 0.381 e. The van der Waals surface area contributed by atoms with Crippen molar-refractivity contribution in [2.24, 2.45) is 0 Å². The summed E-state index contributed by atoms with van der Waals surface area (Å²) in [5.74, 6) is 0.480. The summed E-state index contributed by atoms with van der Waals surface area (Å²) in [4.78, 5) is 4.68. The summed E-state index contributed by atoms with van der Waals surface area (Å²) in [6.07, 6.45) is 4.50. The minimum absolute atomic E-state index is 0.480. The first-order chi connectivity index (χ1) is 7.84. The zero-order valence-electron chi connectivity index (χ0n) is 9.52. The van der Waals surface area contributed by atoms with Crippen LogP contribution in [0.2, 0.25) is 0 Å². The average Bonchev–Trinajstić information content (AvgIpc) is 2.76. The van der Waals surface area contributed by atoms with Crippen molar-refractivity contribution < 1.29 is 4.74 Å². The highest BCUT2D eigenvalue weighted by molar-refractivity contribution is 5.42. The molecule has 3 nitrogen and oxygen atoms in total. The smallest absolute Gasteiger partial charge is 0.137 e. The van der Waals surface area contributed by atoms with Gasteiger partial charge in [0, 0.05) is 24.4 Å². The van der Waals surface area contributed by atoms with Gasteiger partial charge in [-0.05, 0) is 31.9 Å². The molecular formula is C13H16N2O. The van der Waals surface area contributed by atoms with Crippen LogP contribution >= 0.6 is 0 Å². The molecule has 1 unspecified atom stereocenters. The van der Waals surface area contributed by atoms with Crippen molar-refractivity contribution in [3.8, 4) is 0 Å². The van der Waals surface area contributed by atoms with Crippen molar-refractivity contribution in [3.63, 3.8) is 0 Å². The lowest BCUT2D eigenvalue weighted by Crippen LogP contribution is -2.15. The molecule has 0 N–H and O–H groups in total. The molecule has 0 saturated carbocycles. The van der Waals surface area contributed by atoms with Crippen LogP contribution in [-0.2, 0) is 4.74 Å². The maximum atomic E-state index is 5.51. The fourth-order valence-electron chi connectivity index (χ4n) is 2.34. The third-order valence-corrected chi connectivity index (χ3v) is 3.29. The van der Waals surface area contributed by atoms with Crippen LogP contribution in [0.1, 0.15) is 30.1 Å². The number of imidazole rings is 1. The standard InChI is InChI=1S/C13H16N2O/c1-10-4-2-6-13-14-12(8-15(10)13)11-5-3-7-16-9-11/h2,4,6,8,11H,3,5,7,9H2,1H3. The lowest BCUT2D eigenvalue weighted by molar-refractivity contribution is 0.0794. The molecule has 84 valence electrons. The van der Waals surface area contributed by atoms with Crippen LogP contribution in [0.25, 0.3) is 5.65 Å². The minimum Gasteiger partial charge on any atom is -0.381 e. The second kappa shape index (κ2) is 3.91. The van der Waals surface area contributed by atoms with Crippen LogP contribution in [0.5, 0.6) is 0 Å². The first-order valence-electron chi connectivity index (χ1n) is 5.87. The molecule has 0 spiro atoms. The molecule has 2 aromatic rings. The Labute approximate surface area is 95.1 Å². The molecule has 16 heavy (non-hydrogen) atoms. The van der Waals surface area contributed by atoms with Gasteiger partial charge in [0.25, 0.3) is 0 Å². The molecule has 0 amide bonds. The predicted octanol–water partition coefficient (Wildman–Crippen LogP) is 2.54. The molecule has 3 heteroatoms. The second-order valence-corrected chi connectivity index (χ2v) is 4.48. The number of rotatable bonds is 1. The van der Waals surface area contributed by atoms with Crippen LogP contribution in [0.15, 0.2) is 24.4 Å². The van der Waals surface area contributed by atoms with E-state index < -0.39 is 0 Å². The molecule has 1 aliphatic heterocycles. The Morgan fingerprint density at radius 3 is 3.12 bits per heavy atom. The van der Waals surface area contributed by atoms with Crippen molar-refractivity contribution in [1.82, 2.24) is 9.38 Å². The van der Waals surface area contributed by atoms with E-state index >= 15 is 0 Å². The Hall–Kier alpha value is -1.35. The molecule has 2 aromatic heterocycles. The van der Waals surface area contributed by atoms with Crippen LogP contribution < -0.4 is 0 Å². The molecule has 3 rings (SSSR count). The van der Waals surface area contributed by atoms with Gasteiger partial charge >= 0.3 is 0 Å². The third-order valence-electron chi connectivity index (χ3n) is 3.29. The third kappa shape index (κ3) is 1.61. The van der Waals surface area contributed by atoms with Crippen LogP contribution in [-0.4, -0.2) is 22.6 Å². The first kappa shape index (κ1) is 9.85. The summed E-state index contributed by atoms with van der Waals surface area (Å²) < 4.78 is 7.67. The van der Waals surface area contributed by atoms with E-state index in [1.165, 1.54) is 17.8 Å². The summed E-state index contributed by atoms with van der Waals surface area (Å²) in [5, 5.41) is 0. The molecule has 1 fully saturated rings. The summed E-state index contributed by atoms with van der Waals surface area (Å²) in [7, 11) is 0. The van der Waals surface area contributed by atoms with Gasteiger partial charge in [0.1, 0.15) is 5.65 Å². The average molecular weight is 216 g/mol. The van der Waals surface area contributed by atoms with Crippen molar-refractivity contribution in [1.29, 1.82) is 0 Å². The van der Waals surface area contributed by atoms with Crippen LogP contribution in [0, 0.1) is 6.92 Å². The molecule has 1 aliphatic rings. The Morgan fingerprint density at radius 1 is 1.44 bits per heavy atom. The molecular weight excluding hydrogens is 200 g/mol. The summed E-state index contributed by atoms with van der Waals surface area (Å²) in [6, 6.07) is 6.22. The molecule has 3 heterocycles. The van der Waals surface area contributed by atoms with E-state index in [-0.39, 0.29) is 0 Å². The van der Waals surface area contributed by atoms with Gasteiger partial charge < -0.3 is 9.14 Å². The summed E-state index contributed by atoms with van der Waals surface area (Å²) >= 11 is 0. The lowest BCUT2D eigenvalue weighted by atomic mass is 9.99. The van der Waals surface area contributed by atoms with E-state index in [4.69, 9.17) is 4.74 Å². The molecule has 0 bridgehead atoms. The minimum atomic E-state index is 0.480. The van der Waals surface area contributed by atoms with E-state index in [2.05, 4.69) is 40.7 Å². The summed E-state index contributed by atoms with van der Waals surface area (Å²) in [5.41, 5.74) is 3.45. The van der Waals surface area contributed by atoms with Gasteiger partial charge in [-0.3, -0.25) is 0 Å². The monoisotopic (exact) mass is 216 g/mol. The van der Waals surface area contributed by atoms with Gasteiger partial charge in [0.05, 0.1) is 12.3 Å². The van der Waals surface area contributed by atoms with Crippen molar-refractivity contribution in [2.45, 2.75) is 25.7 Å². The highest BCUT2D eigenvalue weighted by Gasteiger charge is 2.18. The molecule has 1 atom stereocenters. The van der Waals surface area contributed by atoms with E-state index in [1.54, 1.807) is 0 Å². The van der Waals surface area contributed by atoms with Crippen LogP contribution in [0.4, 0.5) is 0 Å². The summed E-state index contributed by atoms with van der Waals surface area (Å²) in [6.45, 7) is 3.83. The molecule has 0 aromatic carbocycles. The number of nitrogens with zero attached hydrogens (tertiary/aromatic N) is 2. The van der Waals surface area contributed by atoms with Gasteiger partial charge in [-0.15, -0.1) is 0 Å². The number of hydrogen-bond donors (Lipinski definition) is 0. The Balaban J connectivity index is 2.01. The van der Waals surface area contributed by atoms with E-state index in [0.717, 1.165) is 25.3 Å². The Kier molecular flexibility index (Phi) is 2.40. The maximum Gasteiger partial charge on any atom is 0.137 e. The molecule has 0 radical (unpaired) electrons. The number of aromatic nitrogens is 2. The van der Waals surface area contributed by atoms with E-state index in [0.29, 0.717) is 5.92 Å². The lowest BCUT2D eigenvalue weighted by Gasteiger charge is -2.19. The number of pyridine rings is 1. The zero-order valence-corrected chi connectivity index (χ0v) is 9.52. The SMILES string of the molecule is Cc1cccc2nc(C3CCCOC3)cn12. The quantitative estimate of drug-likeness (QED) is 0.732. The van der Waals surface area contributed by atoms with Gasteiger partial charge in [-0.1, -0.05) is 6.07 Å². The van der Waals surface area contributed by atoms with Gasteiger partial charge in [-0.25, -0.2) is 4.98 Å². The first-order valence-corrected chi connectivity index (χ1v) is 5.87. The normalized spacial score (nSPS) is 21.4. The number of fused-ring (bicyclic) bond motifs is 1. The Morgan fingerprint density at radius 2 is 2.38 bits per heavy atom. The van der Waals surface area contributed by atoms with Gasteiger partial charge in [-0.2, -0.15) is 0 Å². The fourth-order valence-corrected chi connectivity index (χ4v) is 2.34. The topological polar surface area (TPSA) is 26.5 Å². The maximum absolute atomic E-state index is 5.51. The zero-order chi connectivity index (χ0) is 11.0. The van der Waals surface area contributed by atoms with Crippen molar-refractivity contribution >= 4 is 5.65 Å². The molecule has 0 aliphatic carbocycles. The van der Waals surface area contributed by atoms with Crippen molar-refractivity contribution in [2.75, 3.05) is 13.2 Å².